The summed E-state index contributed by atoms with van der Waals surface area (Å²) in [6.07, 6.45) is 3.09. The predicted molar refractivity (Wildman–Crippen MR) is 47.5 cm³/mol. The standard InChI is InChI=1S/C9H9N3O/c1-7-10-9-8(4-6-13)3-2-5-12(9)11-7/h2-3,5-6H,4H2,1H3. The van der Waals surface area contributed by atoms with E-state index in [-0.39, 0.29) is 0 Å². The SMILES string of the molecule is Cc1nc2c(CC=O)cccn2n1. The van der Waals surface area contributed by atoms with Gasteiger partial charge < -0.3 is 4.79 Å². The first kappa shape index (κ1) is 7.91. The Morgan fingerprint density at radius 2 is 2.46 bits per heavy atom. The summed E-state index contributed by atoms with van der Waals surface area (Å²) in [6.45, 7) is 1.83. The molecule has 0 saturated carbocycles. The summed E-state index contributed by atoms with van der Waals surface area (Å²) in [4.78, 5) is 14.6. The zero-order valence-electron chi connectivity index (χ0n) is 7.27. The fourth-order valence-electron chi connectivity index (χ4n) is 1.32. The fraction of sp³-hybridized carbons (Fsp3) is 0.222. The average molecular weight is 175 g/mol. The molecule has 0 fully saturated rings. The van der Waals surface area contributed by atoms with Crippen LogP contribution in [0.15, 0.2) is 18.3 Å². The number of hydrogen-bond donors (Lipinski definition) is 0. The molecule has 0 saturated heterocycles. The lowest BCUT2D eigenvalue weighted by molar-refractivity contribution is -0.107. The van der Waals surface area contributed by atoms with E-state index in [0.29, 0.717) is 6.42 Å². The number of pyridine rings is 1. The van der Waals surface area contributed by atoms with Crippen LogP contribution in [0.2, 0.25) is 0 Å². The molecule has 13 heavy (non-hydrogen) atoms. The average Bonchev–Trinajstić information content (AvgIpc) is 2.47. The molecule has 2 aromatic rings. The second kappa shape index (κ2) is 2.97. The van der Waals surface area contributed by atoms with Crippen molar-refractivity contribution in [3.63, 3.8) is 0 Å². The smallest absolute Gasteiger partial charge is 0.159 e. The van der Waals surface area contributed by atoms with Crippen molar-refractivity contribution >= 4 is 11.9 Å². The lowest BCUT2D eigenvalue weighted by atomic mass is 10.2. The number of fused-ring (bicyclic) bond motifs is 1. The molecule has 4 nitrogen and oxygen atoms in total. The number of rotatable bonds is 2. The molecule has 0 spiro atoms. The van der Waals surface area contributed by atoms with Crippen molar-refractivity contribution in [2.75, 3.05) is 0 Å². The largest absolute Gasteiger partial charge is 0.303 e. The van der Waals surface area contributed by atoms with Crippen molar-refractivity contribution in [2.45, 2.75) is 13.3 Å². The first-order chi connectivity index (χ1) is 6.31. The summed E-state index contributed by atoms with van der Waals surface area (Å²) >= 11 is 0. The molecule has 0 aliphatic carbocycles. The summed E-state index contributed by atoms with van der Waals surface area (Å²) in [5.41, 5.74) is 1.69. The number of hydrogen-bond acceptors (Lipinski definition) is 3. The second-order valence-electron chi connectivity index (χ2n) is 2.83. The molecule has 0 atom stereocenters. The zero-order chi connectivity index (χ0) is 9.26. The third-order valence-corrected chi connectivity index (χ3v) is 1.85. The molecule has 0 radical (unpaired) electrons. The normalized spacial score (nSPS) is 10.5. The molecule has 0 aromatic carbocycles. The molecule has 2 aromatic heterocycles. The van der Waals surface area contributed by atoms with Crippen molar-refractivity contribution in [2.24, 2.45) is 0 Å². The number of aryl methyl sites for hydroxylation is 1. The maximum Gasteiger partial charge on any atom is 0.159 e. The Hall–Kier alpha value is -1.71. The lowest BCUT2D eigenvalue weighted by Gasteiger charge is -1.95. The van der Waals surface area contributed by atoms with Crippen LogP contribution in [0, 0.1) is 6.92 Å². The molecule has 0 N–H and O–H groups in total. The highest BCUT2D eigenvalue weighted by molar-refractivity contribution is 5.61. The van der Waals surface area contributed by atoms with Crippen molar-refractivity contribution in [3.05, 3.63) is 29.7 Å². The van der Waals surface area contributed by atoms with Gasteiger partial charge in [0.2, 0.25) is 0 Å². The second-order valence-corrected chi connectivity index (χ2v) is 2.83. The van der Waals surface area contributed by atoms with Gasteiger partial charge in [-0.2, -0.15) is 5.10 Å². The Morgan fingerprint density at radius 1 is 1.62 bits per heavy atom. The van der Waals surface area contributed by atoms with Crippen molar-refractivity contribution in [3.8, 4) is 0 Å². The lowest BCUT2D eigenvalue weighted by Crippen LogP contribution is -1.93. The minimum absolute atomic E-state index is 0.391. The highest BCUT2D eigenvalue weighted by atomic mass is 16.1. The van der Waals surface area contributed by atoms with Gasteiger partial charge >= 0.3 is 0 Å². The Labute approximate surface area is 75.2 Å². The van der Waals surface area contributed by atoms with Crippen LogP contribution in [0.1, 0.15) is 11.4 Å². The summed E-state index contributed by atoms with van der Waals surface area (Å²) in [6, 6.07) is 3.75. The fourth-order valence-corrected chi connectivity index (χ4v) is 1.32. The number of aldehydes is 1. The molecule has 0 bridgehead atoms. The van der Waals surface area contributed by atoms with E-state index < -0.39 is 0 Å². The maximum atomic E-state index is 10.4. The van der Waals surface area contributed by atoms with E-state index >= 15 is 0 Å². The minimum atomic E-state index is 0.391. The van der Waals surface area contributed by atoms with Crippen LogP contribution in [0.4, 0.5) is 0 Å². The van der Waals surface area contributed by atoms with Crippen LogP contribution in [-0.4, -0.2) is 20.9 Å². The van der Waals surface area contributed by atoms with Crippen LogP contribution >= 0.6 is 0 Å². The molecular weight excluding hydrogens is 166 g/mol. The van der Waals surface area contributed by atoms with Crippen molar-refractivity contribution < 1.29 is 4.79 Å². The van der Waals surface area contributed by atoms with E-state index in [9.17, 15) is 4.79 Å². The first-order valence-electron chi connectivity index (χ1n) is 4.06. The van der Waals surface area contributed by atoms with Gasteiger partial charge in [-0.3, -0.25) is 0 Å². The Kier molecular flexibility index (Phi) is 1.81. The van der Waals surface area contributed by atoms with E-state index in [1.807, 2.05) is 25.3 Å². The van der Waals surface area contributed by atoms with E-state index in [1.165, 1.54) is 0 Å². The van der Waals surface area contributed by atoms with Gasteiger partial charge in [-0.25, -0.2) is 9.50 Å². The van der Waals surface area contributed by atoms with E-state index in [0.717, 1.165) is 23.3 Å². The molecular formula is C9H9N3O. The van der Waals surface area contributed by atoms with Crippen LogP contribution in [0.25, 0.3) is 5.65 Å². The zero-order valence-corrected chi connectivity index (χ0v) is 7.27. The summed E-state index contributed by atoms with van der Waals surface area (Å²) < 4.78 is 1.69. The van der Waals surface area contributed by atoms with Crippen LogP contribution < -0.4 is 0 Å². The maximum absolute atomic E-state index is 10.4. The predicted octanol–water partition coefficient (Wildman–Crippen LogP) is 0.779. The van der Waals surface area contributed by atoms with E-state index in [2.05, 4.69) is 10.1 Å². The van der Waals surface area contributed by atoms with Gasteiger partial charge in [0, 0.05) is 18.2 Å². The van der Waals surface area contributed by atoms with Gasteiger partial charge in [0.25, 0.3) is 0 Å². The summed E-state index contributed by atoms with van der Waals surface area (Å²) in [5, 5.41) is 4.15. The highest BCUT2D eigenvalue weighted by Gasteiger charge is 2.03. The van der Waals surface area contributed by atoms with E-state index in [4.69, 9.17) is 0 Å². The highest BCUT2D eigenvalue weighted by Crippen LogP contribution is 2.07. The molecule has 0 aliphatic rings. The molecule has 66 valence electrons. The number of aromatic nitrogens is 3. The van der Waals surface area contributed by atoms with Crippen molar-refractivity contribution in [1.29, 1.82) is 0 Å². The number of carbonyl (C=O) groups excluding carboxylic acids is 1. The Balaban J connectivity index is 2.67. The quantitative estimate of drug-likeness (QED) is 0.633. The molecule has 0 amide bonds. The third-order valence-electron chi connectivity index (χ3n) is 1.85. The summed E-state index contributed by atoms with van der Waals surface area (Å²) in [5.74, 6) is 0.721. The Morgan fingerprint density at radius 3 is 3.23 bits per heavy atom. The van der Waals surface area contributed by atoms with Gasteiger partial charge in [-0.1, -0.05) is 6.07 Å². The van der Waals surface area contributed by atoms with Gasteiger partial charge in [0.05, 0.1) is 0 Å². The van der Waals surface area contributed by atoms with Gasteiger partial charge in [-0.15, -0.1) is 0 Å². The van der Waals surface area contributed by atoms with Gasteiger partial charge in [0.15, 0.2) is 5.65 Å². The minimum Gasteiger partial charge on any atom is -0.303 e. The molecule has 2 heterocycles. The summed E-state index contributed by atoms with van der Waals surface area (Å²) in [7, 11) is 0. The number of nitrogens with zero attached hydrogens (tertiary/aromatic N) is 3. The van der Waals surface area contributed by atoms with Crippen LogP contribution in [-0.2, 0) is 11.2 Å². The van der Waals surface area contributed by atoms with Crippen LogP contribution in [0.3, 0.4) is 0 Å². The molecule has 0 aliphatic heterocycles. The topological polar surface area (TPSA) is 47.3 Å². The van der Waals surface area contributed by atoms with Crippen molar-refractivity contribution in [1.82, 2.24) is 14.6 Å². The third kappa shape index (κ3) is 1.30. The molecule has 0 unspecified atom stereocenters. The van der Waals surface area contributed by atoms with Gasteiger partial charge in [-0.05, 0) is 13.0 Å². The van der Waals surface area contributed by atoms with Crippen LogP contribution in [0.5, 0.6) is 0 Å². The monoisotopic (exact) mass is 175 g/mol. The molecule has 4 heteroatoms. The van der Waals surface area contributed by atoms with Gasteiger partial charge in [0.1, 0.15) is 12.1 Å². The first-order valence-corrected chi connectivity index (χ1v) is 4.06. The number of carbonyl (C=O) groups is 1. The molecule has 2 rings (SSSR count). The van der Waals surface area contributed by atoms with E-state index in [1.54, 1.807) is 4.52 Å². The Bertz CT molecular complexity index is 447.